The number of nitrogens with zero attached hydrogens (tertiary/aromatic N) is 2. The normalized spacial score (nSPS) is 19.8. The minimum Gasteiger partial charge on any atom is -0.476 e. The lowest BCUT2D eigenvalue weighted by Gasteiger charge is -2.38. The first kappa shape index (κ1) is 19.7. The number of hydrogen-bond donors (Lipinski definition) is 3. The summed E-state index contributed by atoms with van der Waals surface area (Å²) < 4.78 is 39.5. The molecule has 0 radical (unpaired) electrons. The zero-order chi connectivity index (χ0) is 18.8. The highest BCUT2D eigenvalue weighted by atomic mass is 19.4. The molecule has 3 N–H and O–H groups in total. The van der Waals surface area contributed by atoms with Crippen LogP contribution < -0.4 is 0 Å². The van der Waals surface area contributed by atoms with Gasteiger partial charge >= 0.3 is 12.1 Å². The maximum Gasteiger partial charge on any atom is 0.418 e. The van der Waals surface area contributed by atoms with Crippen LogP contribution >= 0.6 is 0 Å². The fourth-order valence-electron chi connectivity index (χ4n) is 3.34. The second-order valence-corrected chi connectivity index (χ2v) is 6.73. The molecule has 0 bridgehead atoms. The molecule has 1 atom stereocenters. The molecule has 9 heteroatoms. The Kier molecular flexibility index (Phi) is 5.78. The van der Waals surface area contributed by atoms with Gasteiger partial charge in [0.15, 0.2) is 11.3 Å². The van der Waals surface area contributed by atoms with Crippen molar-refractivity contribution in [3.05, 3.63) is 17.2 Å². The number of halogens is 3. The number of carboxylic acid groups (broad SMARTS) is 1. The van der Waals surface area contributed by atoms with Gasteiger partial charge in [0.05, 0.1) is 0 Å². The molecule has 1 unspecified atom stereocenters. The Bertz CT molecular complexity index is 610. The second kappa shape index (κ2) is 7.33. The molecule has 1 saturated heterocycles. The summed E-state index contributed by atoms with van der Waals surface area (Å²) >= 11 is 0. The Morgan fingerprint density at radius 1 is 1.36 bits per heavy atom. The molecule has 1 aromatic rings. The van der Waals surface area contributed by atoms with Crippen molar-refractivity contribution < 1.29 is 28.2 Å². The summed E-state index contributed by atoms with van der Waals surface area (Å²) in [5, 5.41) is 19.1. The van der Waals surface area contributed by atoms with Crippen molar-refractivity contribution in [2.24, 2.45) is 0 Å². The van der Waals surface area contributed by atoms with Crippen molar-refractivity contribution in [3.63, 3.8) is 0 Å². The van der Waals surface area contributed by atoms with Gasteiger partial charge in [0.25, 0.3) is 0 Å². The zero-order valence-corrected chi connectivity index (χ0v) is 14.4. The number of β-amino-alcohol motifs (C(OH)–C–C–N with tert-alkyl or cyclic N) is 1. The van der Waals surface area contributed by atoms with E-state index in [1.54, 1.807) is 18.7 Å². The number of hydrogen-bond acceptors (Lipinski definition) is 4. The van der Waals surface area contributed by atoms with E-state index in [0.29, 0.717) is 37.4 Å². The molecular weight excluding hydrogens is 339 g/mol. The van der Waals surface area contributed by atoms with Crippen LogP contribution in [0.2, 0.25) is 0 Å². The highest BCUT2D eigenvalue weighted by molar-refractivity contribution is 5.86. The third kappa shape index (κ3) is 4.33. The van der Waals surface area contributed by atoms with E-state index < -0.39 is 24.3 Å². The predicted molar refractivity (Wildman–Crippen MR) is 84.6 cm³/mol. The maximum atomic E-state index is 13.2. The SMILES string of the molecule is CCCC(O)(CN1CCC(c2nc(C(=O)O)c(C)[nH]2)CC1)C(F)(F)F. The molecule has 142 valence electrons. The van der Waals surface area contributed by atoms with Crippen molar-refractivity contribution in [1.29, 1.82) is 0 Å². The maximum absolute atomic E-state index is 13.2. The third-order valence-corrected chi connectivity index (χ3v) is 4.76. The van der Waals surface area contributed by atoms with Crippen LogP contribution in [-0.4, -0.2) is 62.5 Å². The Morgan fingerprint density at radius 2 is 1.96 bits per heavy atom. The van der Waals surface area contributed by atoms with Gasteiger partial charge in [0.1, 0.15) is 5.82 Å². The van der Waals surface area contributed by atoms with E-state index >= 15 is 0 Å². The largest absolute Gasteiger partial charge is 0.476 e. The van der Waals surface area contributed by atoms with E-state index in [0.717, 1.165) is 0 Å². The van der Waals surface area contributed by atoms with E-state index in [2.05, 4.69) is 9.97 Å². The number of piperidine rings is 1. The molecule has 1 aliphatic heterocycles. The molecule has 1 fully saturated rings. The number of likely N-dealkylation sites (tertiary alicyclic amines) is 1. The van der Waals surface area contributed by atoms with Crippen LogP contribution in [-0.2, 0) is 0 Å². The van der Waals surface area contributed by atoms with Gasteiger partial charge in [-0.3, -0.25) is 0 Å². The molecule has 1 aromatic heterocycles. The highest BCUT2D eigenvalue weighted by Gasteiger charge is 2.53. The number of imidazole rings is 1. The zero-order valence-electron chi connectivity index (χ0n) is 14.4. The van der Waals surface area contributed by atoms with Gasteiger partial charge < -0.3 is 20.1 Å². The number of aliphatic hydroxyl groups is 1. The summed E-state index contributed by atoms with van der Waals surface area (Å²) in [6, 6.07) is 0. The molecule has 0 aromatic carbocycles. The van der Waals surface area contributed by atoms with Crippen LogP contribution in [0.5, 0.6) is 0 Å². The number of aromatic nitrogens is 2. The van der Waals surface area contributed by atoms with Gasteiger partial charge in [-0.15, -0.1) is 0 Å². The summed E-state index contributed by atoms with van der Waals surface area (Å²) in [5.41, 5.74) is -2.24. The molecule has 0 aliphatic carbocycles. The van der Waals surface area contributed by atoms with Gasteiger partial charge in [-0.2, -0.15) is 13.2 Å². The van der Waals surface area contributed by atoms with E-state index in [1.165, 1.54) is 0 Å². The van der Waals surface area contributed by atoms with Crippen molar-refractivity contribution in [3.8, 4) is 0 Å². The topological polar surface area (TPSA) is 89.4 Å². The van der Waals surface area contributed by atoms with Crippen LogP contribution in [0.25, 0.3) is 0 Å². The van der Waals surface area contributed by atoms with Crippen LogP contribution in [0.3, 0.4) is 0 Å². The second-order valence-electron chi connectivity index (χ2n) is 6.73. The van der Waals surface area contributed by atoms with Crippen LogP contribution in [0.15, 0.2) is 0 Å². The molecule has 0 amide bonds. The van der Waals surface area contributed by atoms with Crippen LogP contribution in [0.1, 0.15) is 60.5 Å². The van der Waals surface area contributed by atoms with Crippen LogP contribution in [0, 0.1) is 6.92 Å². The third-order valence-electron chi connectivity index (χ3n) is 4.76. The number of aryl methyl sites for hydroxylation is 1. The number of H-pyrrole nitrogens is 1. The summed E-state index contributed by atoms with van der Waals surface area (Å²) in [4.78, 5) is 19.7. The molecule has 2 heterocycles. The monoisotopic (exact) mass is 363 g/mol. The molecule has 25 heavy (non-hydrogen) atoms. The quantitative estimate of drug-likeness (QED) is 0.723. The number of aromatic carboxylic acids is 1. The molecular formula is C16H24F3N3O3. The summed E-state index contributed by atoms with van der Waals surface area (Å²) in [6.45, 7) is 3.60. The first-order valence-corrected chi connectivity index (χ1v) is 8.38. The smallest absolute Gasteiger partial charge is 0.418 e. The van der Waals surface area contributed by atoms with Gasteiger partial charge in [-0.05, 0) is 39.3 Å². The molecule has 2 rings (SSSR count). The number of nitrogens with one attached hydrogen (secondary N) is 1. The first-order chi connectivity index (χ1) is 11.6. The number of aromatic amines is 1. The van der Waals surface area contributed by atoms with Gasteiger partial charge in [0, 0.05) is 18.2 Å². The standard InChI is InChI=1S/C16H24F3N3O3/c1-3-6-15(25,16(17,18)19)9-22-7-4-11(5-8-22)13-20-10(2)12(21-13)14(23)24/h11,25H,3-9H2,1-2H3,(H,20,21)(H,23,24). The van der Waals surface area contributed by atoms with Gasteiger partial charge in [0.2, 0.25) is 0 Å². The van der Waals surface area contributed by atoms with Crippen molar-refractivity contribution in [2.45, 2.75) is 57.2 Å². The van der Waals surface area contributed by atoms with E-state index in [-0.39, 0.29) is 24.5 Å². The predicted octanol–water partition coefficient (Wildman–Crippen LogP) is 2.69. The van der Waals surface area contributed by atoms with Crippen LogP contribution in [0.4, 0.5) is 13.2 Å². The minimum atomic E-state index is -4.66. The van der Waals surface area contributed by atoms with Crippen molar-refractivity contribution >= 4 is 5.97 Å². The Hall–Kier alpha value is -1.61. The van der Waals surface area contributed by atoms with Crippen molar-refractivity contribution in [2.75, 3.05) is 19.6 Å². The summed E-state index contributed by atoms with van der Waals surface area (Å²) in [7, 11) is 0. The van der Waals surface area contributed by atoms with Gasteiger partial charge in [-0.25, -0.2) is 9.78 Å². The fraction of sp³-hybridized carbons (Fsp3) is 0.750. The molecule has 0 saturated carbocycles. The molecule has 1 aliphatic rings. The lowest BCUT2D eigenvalue weighted by atomic mass is 9.92. The average molecular weight is 363 g/mol. The number of carbonyl (C=O) groups is 1. The van der Waals surface area contributed by atoms with E-state index in [1.807, 2.05) is 0 Å². The Morgan fingerprint density at radius 3 is 2.40 bits per heavy atom. The number of rotatable bonds is 6. The molecule has 0 spiro atoms. The van der Waals surface area contributed by atoms with E-state index in [9.17, 15) is 23.1 Å². The molecule has 6 nitrogen and oxygen atoms in total. The Labute approximate surface area is 144 Å². The van der Waals surface area contributed by atoms with Crippen molar-refractivity contribution in [1.82, 2.24) is 14.9 Å². The number of carboxylic acids is 1. The summed E-state index contributed by atoms with van der Waals surface area (Å²) in [5.74, 6) is -0.561. The minimum absolute atomic E-state index is 0.0202. The first-order valence-electron chi connectivity index (χ1n) is 8.38. The van der Waals surface area contributed by atoms with E-state index in [4.69, 9.17) is 5.11 Å². The lowest BCUT2D eigenvalue weighted by Crippen LogP contribution is -2.54. The summed E-state index contributed by atoms with van der Waals surface area (Å²) in [6.07, 6.45) is -3.61. The lowest BCUT2D eigenvalue weighted by molar-refractivity contribution is -0.268. The highest BCUT2D eigenvalue weighted by Crippen LogP contribution is 2.36. The number of alkyl halides is 3. The Balaban J connectivity index is 1.99. The average Bonchev–Trinajstić information content (AvgIpc) is 2.89. The van der Waals surface area contributed by atoms with Gasteiger partial charge in [-0.1, -0.05) is 13.3 Å². The fourth-order valence-corrected chi connectivity index (χ4v) is 3.34.